The average Bonchev–Trinajstić information content (AvgIpc) is 2.60. The number of carboxylic acid groups (broad SMARTS) is 4. The van der Waals surface area contributed by atoms with Crippen molar-refractivity contribution in [3.63, 3.8) is 0 Å². The quantitative estimate of drug-likeness (QED) is 0.508. The molecule has 4 N–H and O–H groups in total. The first-order valence-corrected chi connectivity index (χ1v) is 7.95. The highest BCUT2D eigenvalue weighted by molar-refractivity contribution is 6.02. The number of rotatable bonds is 8. The van der Waals surface area contributed by atoms with Gasteiger partial charge in [-0.15, -0.1) is 0 Å². The first-order valence-electron chi connectivity index (χ1n) is 7.95. The Kier molecular flexibility index (Phi) is 5.95. The van der Waals surface area contributed by atoms with Gasteiger partial charge >= 0.3 is 23.9 Å². The first kappa shape index (κ1) is 20.4. The predicted octanol–water partition coefficient (Wildman–Crippen LogP) is 2.82. The van der Waals surface area contributed by atoms with Gasteiger partial charge < -0.3 is 20.4 Å². The molecule has 0 spiro atoms. The Morgan fingerprint density at radius 3 is 1.21 bits per heavy atom. The molecule has 2 aromatic carbocycles. The minimum atomic E-state index is -1.36. The summed E-state index contributed by atoms with van der Waals surface area (Å²) in [6.45, 7) is 3.88. The second-order valence-corrected chi connectivity index (χ2v) is 6.08. The fourth-order valence-corrected chi connectivity index (χ4v) is 2.77. The highest BCUT2D eigenvalue weighted by atomic mass is 16.4. The van der Waals surface area contributed by atoms with Crippen molar-refractivity contribution in [3.8, 4) is 0 Å². The van der Waals surface area contributed by atoms with Crippen molar-refractivity contribution in [2.24, 2.45) is 0 Å². The van der Waals surface area contributed by atoms with Crippen LogP contribution in [0.3, 0.4) is 0 Å². The summed E-state index contributed by atoms with van der Waals surface area (Å²) < 4.78 is 0. The second kappa shape index (κ2) is 8.17. The SMILES string of the molecule is C=C(Cc1ccc(C(=O)O)c(C(=O)O)c1)Cc1ccc(C(=O)O)c(C(=O)O)c1. The molecule has 2 rings (SSSR count). The van der Waals surface area contributed by atoms with E-state index in [1.54, 1.807) is 0 Å². The molecule has 2 aromatic rings. The third kappa shape index (κ3) is 4.61. The van der Waals surface area contributed by atoms with Crippen LogP contribution in [0.15, 0.2) is 48.6 Å². The highest BCUT2D eigenvalue weighted by Gasteiger charge is 2.18. The van der Waals surface area contributed by atoms with E-state index in [1.807, 2.05) is 0 Å². The summed E-state index contributed by atoms with van der Waals surface area (Å²) in [7, 11) is 0. The van der Waals surface area contributed by atoms with Crippen molar-refractivity contribution >= 4 is 23.9 Å². The first-order chi connectivity index (χ1) is 13.1. The van der Waals surface area contributed by atoms with Crippen LogP contribution >= 0.6 is 0 Å². The summed E-state index contributed by atoms with van der Waals surface area (Å²) in [5.41, 5.74) is 0.364. The van der Waals surface area contributed by atoms with Crippen LogP contribution in [0.5, 0.6) is 0 Å². The van der Waals surface area contributed by atoms with Gasteiger partial charge in [-0.25, -0.2) is 19.2 Å². The zero-order chi connectivity index (χ0) is 21.0. The van der Waals surface area contributed by atoms with Gasteiger partial charge in [0.2, 0.25) is 0 Å². The van der Waals surface area contributed by atoms with Crippen LogP contribution in [0.1, 0.15) is 52.6 Å². The fraction of sp³-hybridized carbons (Fsp3) is 0.100. The normalized spacial score (nSPS) is 10.3. The zero-order valence-corrected chi connectivity index (χ0v) is 14.5. The smallest absolute Gasteiger partial charge is 0.336 e. The summed E-state index contributed by atoms with van der Waals surface area (Å²) in [6, 6.07) is 7.89. The lowest BCUT2D eigenvalue weighted by molar-refractivity contribution is 0.0651. The lowest BCUT2D eigenvalue weighted by atomic mass is 9.95. The van der Waals surface area contributed by atoms with E-state index in [0.29, 0.717) is 16.7 Å². The maximum Gasteiger partial charge on any atom is 0.336 e. The molecule has 0 amide bonds. The van der Waals surface area contributed by atoms with Crippen molar-refractivity contribution in [2.45, 2.75) is 12.8 Å². The minimum absolute atomic E-state index is 0.239. The molecule has 0 aliphatic rings. The van der Waals surface area contributed by atoms with Crippen LogP contribution in [-0.2, 0) is 12.8 Å². The van der Waals surface area contributed by atoms with Crippen molar-refractivity contribution < 1.29 is 39.6 Å². The monoisotopic (exact) mass is 384 g/mol. The third-order valence-corrected chi connectivity index (χ3v) is 4.00. The molecule has 0 saturated heterocycles. The molecule has 144 valence electrons. The van der Waals surface area contributed by atoms with Gasteiger partial charge in [-0.05, 0) is 48.2 Å². The molecular formula is C20H16O8. The summed E-state index contributed by atoms with van der Waals surface area (Å²) in [6.07, 6.45) is 0.479. The lowest BCUT2D eigenvalue weighted by Gasteiger charge is -2.10. The number of benzene rings is 2. The third-order valence-electron chi connectivity index (χ3n) is 4.00. The molecule has 8 nitrogen and oxygen atoms in total. The predicted molar refractivity (Wildman–Crippen MR) is 97.3 cm³/mol. The van der Waals surface area contributed by atoms with Gasteiger partial charge in [0.1, 0.15) is 0 Å². The Bertz CT molecular complexity index is 924. The maximum atomic E-state index is 11.3. The molecule has 0 aliphatic carbocycles. The molecule has 0 aromatic heterocycles. The zero-order valence-electron chi connectivity index (χ0n) is 14.5. The van der Waals surface area contributed by atoms with E-state index in [0.717, 1.165) is 0 Å². The van der Waals surface area contributed by atoms with Crippen molar-refractivity contribution in [3.05, 3.63) is 81.9 Å². The standard InChI is InChI=1S/C20H16O8/c1-10(6-11-2-4-13(17(21)22)15(8-11)19(25)26)7-12-3-5-14(18(23)24)16(9-12)20(27)28/h2-5,8-9H,1,6-7H2,(H,21,22)(H,23,24)(H,25,26)(H,27,28). The number of hydrogen-bond acceptors (Lipinski definition) is 4. The Morgan fingerprint density at radius 1 is 0.607 bits per heavy atom. The number of hydrogen-bond donors (Lipinski definition) is 4. The van der Waals surface area contributed by atoms with E-state index < -0.39 is 23.9 Å². The number of allylic oxidation sites excluding steroid dienone is 1. The van der Waals surface area contributed by atoms with Gasteiger partial charge in [0.05, 0.1) is 22.3 Å². The van der Waals surface area contributed by atoms with E-state index >= 15 is 0 Å². The van der Waals surface area contributed by atoms with E-state index in [1.165, 1.54) is 36.4 Å². The number of carboxylic acids is 4. The van der Waals surface area contributed by atoms with Crippen LogP contribution < -0.4 is 0 Å². The Hall–Kier alpha value is -3.94. The van der Waals surface area contributed by atoms with Gasteiger partial charge in [0.25, 0.3) is 0 Å². The van der Waals surface area contributed by atoms with Gasteiger partial charge in [-0.2, -0.15) is 0 Å². The maximum absolute atomic E-state index is 11.3. The van der Waals surface area contributed by atoms with Crippen LogP contribution in [0, 0.1) is 0 Å². The van der Waals surface area contributed by atoms with Crippen LogP contribution in [-0.4, -0.2) is 44.3 Å². The van der Waals surface area contributed by atoms with Crippen molar-refractivity contribution in [1.29, 1.82) is 0 Å². The molecule has 0 fully saturated rings. The topological polar surface area (TPSA) is 149 Å². The van der Waals surface area contributed by atoms with Crippen molar-refractivity contribution in [1.82, 2.24) is 0 Å². The molecule has 0 aliphatic heterocycles. The Morgan fingerprint density at radius 2 is 0.929 bits per heavy atom. The summed E-state index contributed by atoms with van der Waals surface area (Å²) in [5.74, 6) is -5.41. The fourth-order valence-electron chi connectivity index (χ4n) is 2.77. The molecular weight excluding hydrogens is 368 g/mol. The minimum Gasteiger partial charge on any atom is -0.478 e. The molecule has 0 saturated carbocycles. The molecule has 0 radical (unpaired) electrons. The van der Waals surface area contributed by atoms with Gasteiger partial charge in [0.15, 0.2) is 0 Å². The van der Waals surface area contributed by atoms with E-state index in [9.17, 15) is 29.4 Å². The number of carbonyl (C=O) groups is 4. The van der Waals surface area contributed by atoms with E-state index in [4.69, 9.17) is 10.2 Å². The van der Waals surface area contributed by atoms with Gasteiger partial charge in [-0.3, -0.25) is 0 Å². The Labute approximate surface area is 159 Å². The molecule has 0 unspecified atom stereocenters. The van der Waals surface area contributed by atoms with E-state index in [-0.39, 0.29) is 35.1 Å². The van der Waals surface area contributed by atoms with Gasteiger partial charge in [0, 0.05) is 0 Å². The number of aromatic carboxylic acids is 4. The van der Waals surface area contributed by atoms with Gasteiger partial charge in [-0.1, -0.05) is 24.3 Å². The summed E-state index contributed by atoms with van der Waals surface area (Å²) >= 11 is 0. The molecule has 0 atom stereocenters. The molecule has 8 heteroatoms. The lowest BCUT2D eigenvalue weighted by Crippen LogP contribution is -2.10. The molecule has 0 heterocycles. The van der Waals surface area contributed by atoms with E-state index in [2.05, 4.69) is 6.58 Å². The Balaban J connectivity index is 2.23. The summed E-state index contributed by atoms with van der Waals surface area (Å²) in [4.78, 5) is 44.7. The van der Waals surface area contributed by atoms with Crippen LogP contribution in [0.4, 0.5) is 0 Å². The highest BCUT2D eigenvalue weighted by Crippen LogP contribution is 2.19. The largest absolute Gasteiger partial charge is 0.478 e. The summed E-state index contributed by atoms with van der Waals surface area (Å²) in [5, 5.41) is 36.4. The van der Waals surface area contributed by atoms with Crippen LogP contribution in [0.2, 0.25) is 0 Å². The molecule has 0 bridgehead atoms. The van der Waals surface area contributed by atoms with Crippen molar-refractivity contribution in [2.75, 3.05) is 0 Å². The molecule has 28 heavy (non-hydrogen) atoms. The second-order valence-electron chi connectivity index (χ2n) is 6.08. The van der Waals surface area contributed by atoms with Crippen LogP contribution in [0.25, 0.3) is 0 Å². The average molecular weight is 384 g/mol.